The van der Waals surface area contributed by atoms with E-state index in [1.54, 1.807) is 11.3 Å². The number of nitrogens with two attached hydrogens (primary N) is 1. The fourth-order valence-corrected chi connectivity index (χ4v) is 4.26. The molecular formula is C19H28ClN3S. The van der Waals surface area contributed by atoms with Crippen molar-refractivity contribution in [1.29, 1.82) is 0 Å². The quantitative estimate of drug-likeness (QED) is 0.889. The van der Waals surface area contributed by atoms with Crippen LogP contribution in [0.4, 0.5) is 0 Å². The van der Waals surface area contributed by atoms with Crippen molar-refractivity contribution < 1.29 is 0 Å². The molecule has 0 amide bonds. The van der Waals surface area contributed by atoms with Gasteiger partial charge in [0.15, 0.2) is 0 Å². The monoisotopic (exact) mass is 365 g/mol. The molecule has 1 aromatic carbocycles. The Morgan fingerprint density at radius 3 is 2.50 bits per heavy atom. The lowest BCUT2D eigenvalue weighted by Gasteiger charge is -2.16. The van der Waals surface area contributed by atoms with Crippen LogP contribution in [0.2, 0.25) is 0 Å². The van der Waals surface area contributed by atoms with Crippen LogP contribution in [0.15, 0.2) is 35.7 Å². The molecule has 2 atom stereocenters. The van der Waals surface area contributed by atoms with E-state index < -0.39 is 0 Å². The predicted octanol–water partition coefficient (Wildman–Crippen LogP) is 4.04. The van der Waals surface area contributed by atoms with Gasteiger partial charge in [-0.3, -0.25) is 4.90 Å². The summed E-state index contributed by atoms with van der Waals surface area (Å²) in [6.07, 6.45) is 0. The lowest BCUT2D eigenvalue weighted by molar-refractivity contribution is 0.313. The molecule has 24 heavy (non-hydrogen) atoms. The molecule has 5 heteroatoms. The molecule has 2 N–H and O–H groups in total. The van der Waals surface area contributed by atoms with E-state index in [9.17, 15) is 0 Å². The van der Waals surface area contributed by atoms with Crippen LogP contribution >= 0.6 is 23.7 Å². The van der Waals surface area contributed by atoms with Gasteiger partial charge in [0.1, 0.15) is 0 Å². The summed E-state index contributed by atoms with van der Waals surface area (Å²) in [7, 11) is 0. The van der Waals surface area contributed by atoms with Gasteiger partial charge in [0.25, 0.3) is 0 Å². The number of nitrogens with zero attached hydrogens (tertiary/aromatic N) is 2. The van der Waals surface area contributed by atoms with E-state index >= 15 is 0 Å². The molecule has 132 valence electrons. The maximum atomic E-state index is 6.04. The van der Waals surface area contributed by atoms with Crippen LogP contribution in [0.25, 0.3) is 0 Å². The van der Waals surface area contributed by atoms with Crippen LogP contribution in [0.5, 0.6) is 0 Å². The van der Waals surface area contributed by atoms with Crippen molar-refractivity contribution in [3.05, 3.63) is 52.0 Å². The van der Waals surface area contributed by atoms with Gasteiger partial charge in [0.2, 0.25) is 0 Å². The number of benzene rings is 1. The minimum absolute atomic E-state index is 0. The van der Waals surface area contributed by atoms with Gasteiger partial charge in [-0.05, 0) is 18.0 Å². The Morgan fingerprint density at radius 1 is 1.21 bits per heavy atom. The number of hydrogen-bond donors (Lipinski definition) is 1. The molecule has 2 aromatic rings. The van der Waals surface area contributed by atoms with E-state index in [1.165, 1.54) is 16.3 Å². The highest BCUT2D eigenvalue weighted by Crippen LogP contribution is 2.33. The predicted molar refractivity (Wildman–Crippen MR) is 105 cm³/mol. The SMILES string of the molecule is CC(C)(C)c1nc(CN2C[C@@H](CN)[C@H](c3ccccc3)C2)cs1.Cl. The second kappa shape index (κ2) is 7.96. The molecule has 1 fully saturated rings. The summed E-state index contributed by atoms with van der Waals surface area (Å²) in [5.74, 6) is 1.08. The maximum Gasteiger partial charge on any atom is 0.0982 e. The normalized spacial score (nSPS) is 21.7. The third-order valence-corrected chi connectivity index (χ3v) is 5.94. The van der Waals surface area contributed by atoms with Crippen molar-refractivity contribution in [2.45, 2.75) is 38.6 Å². The summed E-state index contributed by atoms with van der Waals surface area (Å²) < 4.78 is 0. The number of rotatable bonds is 4. The van der Waals surface area contributed by atoms with Crippen molar-refractivity contribution in [3.8, 4) is 0 Å². The van der Waals surface area contributed by atoms with Gasteiger partial charge >= 0.3 is 0 Å². The van der Waals surface area contributed by atoms with Crippen molar-refractivity contribution >= 4 is 23.7 Å². The fourth-order valence-electron chi connectivity index (χ4n) is 3.36. The maximum absolute atomic E-state index is 6.04. The second-order valence-electron chi connectivity index (χ2n) is 7.60. The summed E-state index contributed by atoms with van der Waals surface area (Å²) in [6.45, 7) is 10.5. The minimum atomic E-state index is 0. The van der Waals surface area contributed by atoms with Crippen molar-refractivity contribution in [2.24, 2.45) is 11.7 Å². The topological polar surface area (TPSA) is 42.2 Å². The Kier molecular flexibility index (Phi) is 6.43. The number of likely N-dealkylation sites (tertiary alicyclic amines) is 1. The summed E-state index contributed by atoms with van der Waals surface area (Å²) >= 11 is 1.78. The van der Waals surface area contributed by atoms with E-state index in [0.717, 1.165) is 26.2 Å². The smallest absolute Gasteiger partial charge is 0.0982 e. The van der Waals surface area contributed by atoms with Gasteiger partial charge in [0.05, 0.1) is 10.7 Å². The summed E-state index contributed by atoms with van der Waals surface area (Å²) in [6, 6.07) is 10.8. The molecule has 0 saturated carbocycles. The van der Waals surface area contributed by atoms with E-state index in [0.29, 0.717) is 11.8 Å². The first-order chi connectivity index (χ1) is 11.0. The largest absolute Gasteiger partial charge is 0.330 e. The molecule has 2 heterocycles. The molecule has 1 aliphatic heterocycles. The molecule has 1 aliphatic rings. The molecule has 3 rings (SSSR count). The highest BCUT2D eigenvalue weighted by Gasteiger charge is 2.33. The molecule has 3 nitrogen and oxygen atoms in total. The van der Waals surface area contributed by atoms with Gasteiger partial charge in [0, 0.05) is 36.3 Å². The highest BCUT2D eigenvalue weighted by atomic mass is 35.5. The molecular weight excluding hydrogens is 338 g/mol. The van der Waals surface area contributed by atoms with Gasteiger partial charge in [-0.25, -0.2) is 4.98 Å². The van der Waals surface area contributed by atoms with Gasteiger partial charge in [-0.2, -0.15) is 0 Å². The Labute approximate surface area is 155 Å². The van der Waals surface area contributed by atoms with Crippen LogP contribution < -0.4 is 5.73 Å². The Bertz CT molecular complexity index is 636. The minimum Gasteiger partial charge on any atom is -0.330 e. The van der Waals surface area contributed by atoms with Crippen molar-refractivity contribution in [3.63, 3.8) is 0 Å². The van der Waals surface area contributed by atoms with Crippen LogP contribution in [-0.4, -0.2) is 29.5 Å². The summed E-state index contributed by atoms with van der Waals surface area (Å²) in [5, 5.41) is 3.44. The lowest BCUT2D eigenvalue weighted by atomic mass is 9.89. The molecule has 0 bridgehead atoms. The van der Waals surface area contributed by atoms with Gasteiger partial charge in [-0.1, -0.05) is 51.1 Å². The fraction of sp³-hybridized carbons (Fsp3) is 0.526. The number of aromatic nitrogens is 1. The second-order valence-corrected chi connectivity index (χ2v) is 8.46. The van der Waals surface area contributed by atoms with E-state index in [4.69, 9.17) is 10.7 Å². The summed E-state index contributed by atoms with van der Waals surface area (Å²) in [5.41, 5.74) is 8.79. The Balaban J connectivity index is 0.00000208. The van der Waals surface area contributed by atoms with Crippen molar-refractivity contribution in [1.82, 2.24) is 9.88 Å². The lowest BCUT2D eigenvalue weighted by Crippen LogP contribution is -2.23. The Morgan fingerprint density at radius 2 is 1.92 bits per heavy atom. The zero-order valence-corrected chi connectivity index (χ0v) is 16.4. The highest BCUT2D eigenvalue weighted by molar-refractivity contribution is 7.09. The molecule has 0 spiro atoms. The van der Waals surface area contributed by atoms with Crippen LogP contribution in [0, 0.1) is 5.92 Å². The standard InChI is InChI=1S/C19H27N3S.ClH/c1-19(2,3)18-21-16(13-23-18)11-22-10-15(9-20)17(12-22)14-7-5-4-6-8-14;/h4-8,13,15,17H,9-12,20H2,1-3H3;1H/t15-,17+;/m1./s1. The first-order valence-electron chi connectivity index (χ1n) is 8.39. The van der Waals surface area contributed by atoms with Crippen LogP contribution in [-0.2, 0) is 12.0 Å². The first kappa shape index (κ1) is 19.4. The molecule has 0 aliphatic carbocycles. The average molecular weight is 366 g/mol. The van der Waals surface area contributed by atoms with Gasteiger partial charge < -0.3 is 5.73 Å². The third-order valence-electron chi connectivity index (χ3n) is 4.63. The van der Waals surface area contributed by atoms with Crippen LogP contribution in [0.3, 0.4) is 0 Å². The van der Waals surface area contributed by atoms with E-state index in [1.807, 2.05) is 0 Å². The Hall–Kier alpha value is -0.940. The molecule has 1 saturated heterocycles. The number of halogens is 1. The average Bonchev–Trinajstić information content (AvgIpc) is 3.15. The van der Waals surface area contributed by atoms with Gasteiger partial charge in [-0.15, -0.1) is 23.7 Å². The first-order valence-corrected chi connectivity index (χ1v) is 9.27. The third kappa shape index (κ3) is 4.37. The zero-order valence-electron chi connectivity index (χ0n) is 14.7. The number of thiazole rings is 1. The molecule has 1 aromatic heterocycles. The van der Waals surface area contributed by atoms with E-state index in [2.05, 4.69) is 61.4 Å². The van der Waals surface area contributed by atoms with Crippen molar-refractivity contribution in [2.75, 3.05) is 19.6 Å². The zero-order chi connectivity index (χ0) is 16.4. The number of hydrogen-bond acceptors (Lipinski definition) is 4. The van der Waals surface area contributed by atoms with Crippen LogP contribution in [0.1, 0.15) is 43.0 Å². The van der Waals surface area contributed by atoms with E-state index in [-0.39, 0.29) is 17.8 Å². The molecule has 0 unspecified atom stereocenters. The summed E-state index contributed by atoms with van der Waals surface area (Å²) in [4.78, 5) is 7.35. The molecule has 0 radical (unpaired) electrons.